The summed E-state index contributed by atoms with van der Waals surface area (Å²) < 4.78 is 20.3. The Morgan fingerprint density at radius 2 is 1.89 bits per heavy atom. The van der Waals surface area contributed by atoms with Gasteiger partial charge in [-0.25, -0.2) is 0 Å². The third-order valence-electron chi connectivity index (χ3n) is 2.51. The highest BCUT2D eigenvalue weighted by Crippen LogP contribution is 2.13. The highest BCUT2D eigenvalue weighted by molar-refractivity contribution is 5.79. The van der Waals surface area contributed by atoms with Crippen molar-refractivity contribution < 1.29 is 28.5 Å². The fraction of sp³-hybridized carbons (Fsp3) is 0.833. The predicted molar refractivity (Wildman–Crippen MR) is 62.0 cm³/mol. The Labute approximate surface area is 107 Å². The summed E-state index contributed by atoms with van der Waals surface area (Å²) in [6.07, 6.45) is 0.495. The normalized spacial score (nSPS) is 22.7. The Balaban J connectivity index is 2.47. The predicted octanol–water partition coefficient (Wildman–Crippen LogP) is 0.536. The van der Waals surface area contributed by atoms with Crippen molar-refractivity contribution in [1.29, 1.82) is 0 Å². The van der Waals surface area contributed by atoms with Crippen LogP contribution in [-0.4, -0.2) is 51.6 Å². The first-order valence-electron chi connectivity index (χ1n) is 6.21. The van der Waals surface area contributed by atoms with Crippen molar-refractivity contribution in [2.75, 3.05) is 39.6 Å². The molecule has 6 nitrogen and oxygen atoms in total. The van der Waals surface area contributed by atoms with Gasteiger partial charge in [0.2, 0.25) is 0 Å². The fourth-order valence-corrected chi connectivity index (χ4v) is 1.59. The monoisotopic (exact) mass is 260 g/mol. The van der Waals surface area contributed by atoms with Gasteiger partial charge < -0.3 is 18.9 Å². The van der Waals surface area contributed by atoms with E-state index in [1.165, 1.54) is 0 Å². The summed E-state index contributed by atoms with van der Waals surface area (Å²) >= 11 is 0. The third kappa shape index (κ3) is 5.97. The lowest BCUT2D eigenvalue weighted by Gasteiger charge is -2.14. The molecule has 104 valence electrons. The van der Waals surface area contributed by atoms with E-state index in [-0.39, 0.29) is 19.0 Å². The van der Waals surface area contributed by atoms with Crippen molar-refractivity contribution in [3.05, 3.63) is 0 Å². The average Bonchev–Trinajstić information content (AvgIpc) is 2.38. The maximum absolute atomic E-state index is 11.7. The highest BCUT2D eigenvalue weighted by Gasteiger charge is 2.24. The lowest BCUT2D eigenvalue weighted by atomic mass is 10.0. The van der Waals surface area contributed by atoms with E-state index in [1.807, 2.05) is 0 Å². The molecule has 0 N–H and O–H groups in total. The number of ether oxygens (including phenoxy) is 4. The van der Waals surface area contributed by atoms with Gasteiger partial charge in [-0.3, -0.25) is 9.59 Å². The maximum Gasteiger partial charge on any atom is 0.309 e. The SMILES string of the molecule is CCOC(=O)CC1CCOCCOCCOC1=O. The minimum absolute atomic E-state index is 0.0386. The average molecular weight is 260 g/mol. The molecule has 1 rings (SSSR count). The zero-order valence-corrected chi connectivity index (χ0v) is 10.7. The van der Waals surface area contributed by atoms with Gasteiger partial charge in [0, 0.05) is 6.61 Å². The molecule has 0 aromatic rings. The zero-order chi connectivity index (χ0) is 13.2. The number of hydrogen-bond acceptors (Lipinski definition) is 6. The van der Waals surface area contributed by atoms with Gasteiger partial charge in [-0.15, -0.1) is 0 Å². The molecule has 0 aromatic heterocycles. The molecule has 1 fully saturated rings. The lowest BCUT2D eigenvalue weighted by Crippen LogP contribution is -2.24. The van der Waals surface area contributed by atoms with Gasteiger partial charge in [0.15, 0.2) is 0 Å². The summed E-state index contributed by atoms with van der Waals surface area (Å²) in [7, 11) is 0. The van der Waals surface area contributed by atoms with Crippen LogP contribution in [0.2, 0.25) is 0 Å². The molecule has 1 heterocycles. The van der Waals surface area contributed by atoms with E-state index in [0.29, 0.717) is 39.5 Å². The molecule has 1 unspecified atom stereocenters. The standard InChI is InChI=1S/C12H20O6/c1-2-17-11(13)9-10-3-4-15-5-6-16-7-8-18-12(10)14/h10H,2-9H2,1H3. The van der Waals surface area contributed by atoms with Crippen LogP contribution in [0.1, 0.15) is 19.8 Å². The van der Waals surface area contributed by atoms with E-state index in [0.717, 1.165) is 0 Å². The van der Waals surface area contributed by atoms with Gasteiger partial charge in [0.25, 0.3) is 0 Å². The van der Waals surface area contributed by atoms with Gasteiger partial charge in [-0.2, -0.15) is 0 Å². The first-order valence-corrected chi connectivity index (χ1v) is 6.21. The molecule has 1 aliphatic rings. The van der Waals surface area contributed by atoms with Gasteiger partial charge >= 0.3 is 11.9 Å². The van der Waals surface area contributed by atoms with E-state index in [1.54, 1.807) is 6.92 Å². The van der Waals surface area contributed by atoms with E-state index in [4.69, 9.17) is 18.9 Å². The largest absolute Gasteiger partial charge is 0.466 e. The molecule has 1 saturated heterocycles. The van der Waals surface area contributed by atoms with Gasteiger partial charge in [-0.05, 0) is 13.3 Å². The Hall–Kier alpha value is -1.14. The molecule has 1 atom stereocenters. The number of carbonyl (C=O) groups is 2. The Bertz CT molecular complexity index is 265. The van der Waals surface area contributed by atoms with Crippen LogP contribution < -0.4 is 0 Å². The van der Waals surface area contributed by atoms with Gasteiger partial charge in [-0.1, -0.05) is 0 Å². The number of esters is 2. The molecule has 1 aliphatic heterocycles. The second-order valence-electron chi connectivity index (χ2n) is 3.89. The number of rotatable bonds is 3. The number of carbonyl (C=O) groups excluding carboxylic acids is 2. The van der Waals surface area contributed by atoms with Crippen LogP contribution >= 0.6 is 0 Å². The van der Waals surface area contributed by atoms with Crippen molar-refractivity contribution in [1.82, 2.24) is 0 Å². The third-order valence-corrected chi connectivity index (χ3v) is 2.51. The van der Waals surface area contributed by atoms with Gasteiger partial charge in [0.1, 0.15) is 6.61 Å². The Morgan fingerprint density at radius 1 is 1.22 bits per heavy atom. The van der Waals surface area contributed by atoms with Crippen molar-refractivity contribution in [3.63, 3.8) is 0 Å². The smallest absolute Gasteiger partial charge is 0.309 e. The molecule has 0 amide bonds. The summed E-state index contributed by atoms with van der Waals surface area (Å²) in [5, 5.41) is 0. The summed E-state index contributed by atoms with van der Waals surface area (Å²) in [6.45, 7) is 3.97. The molecule has 0 radical (unpaired) electrons. The summed E-state index contributed by atoms with van der Waals surface area (Å²) in [4.78, 5) is 23.1. The zero-order valence-electron chi connectivity index (χ0n) is 10.7. The van der Waals surface area contributed by atoms with Crippen molar-refractivity contribution in [3.8, 4) is 0 Å². The fourth-order valence-electron chi connectivity index (χ4n) is 1.59. The molecular weight excluding hydrogens is 240 g/mol. The lowest BCUT2D eigenvalue weighted by molar-refractivity contribution is -0.156. The molecule has 0 aliphatic carbocycles. The van der Waals surface area contributed by atoms with Crippen LogP contribution in [-0.2, 0) is 28.5 Å². The van der Waals surface area contributed by atoms with Crippen molar-refractivity contribution >= 4 is 11.9 Å². The van der Waals surface area contributed by atoms with Crippen LogP contribution in [0.3, 0.4) is 0 Å². The van der Waals surface area contributed by atoms with Crippen LogP contribution in [0.15, 0.2) is 0 Å². The van der Waals surface area contributed by atoms with E-state index < -0.39 is 11.9 Å². The topological polar surface area (TPSA) is 71.1 Å². The first kappa shape index (κ1) is 14.9. The summed E-state index contributed by atoms with van der Waals surface area (Å²) in [6, 6.07) is 0. The summed E-state index contributed by atoms with van der Waals surface area (Å²) in [5.74, 6) is -1.27. The number of hydrogen-bond donors (Lipinski definition) is 0. The molecular formula is C12H20O6. The van der Waals surface area contributed by atoms with E-state index >= 15 is 0 Å². The van der Waals surface area contributed by atoms with Crippen molar-refractivity contribution in [2.24, 2.45) is 5.92 Å². The summed E-state index contributed by atoms with van der Waals surface area (Å²) in [5.41, 5.74) is 0. The Morgan fingerprint density at radius 3 is 2.61 bits per heavy atom. The minimum atomic E-state index is -0.498. The van der Waals surface area contributed by atoms with E-state index in [9.17, 15) is 9.59 Å². The van der Waals surface area contributed by atoms with Crippen LogP contribution in [0.5, 0.6) is 0 Å². The molecule has 6 heteroatoms. The first-order chi connectivity index (χ1) is 8.74. The Kier molecular flexibility index (Phi) is 7.36. The van der Waals surface area contributed by atoms with Crippen LogP contribution in [0.4, 0.5) is 0 Å². The van der Waals surface area contributed by atoms with Gasteiger partial charge in [0.05, 0.1) is 38.8 Å². The molecule has 0 spiro atoms. The maximum atomic E-state index is 11.7. The second-order valence-corrected chi connectivity index (χ2v) is 3.89. The highest BCUT2D eigenvalue weighted by atomic mass is 16.6. The van der Waals surface area contributed by atoms with Crippen LogP contribution in [0, 0.1) is 5.92 Å². The number of cyclic esters (lactones) is 1. The molecule has 0 saturated carbocycles. The second kappa shape index (κ2) is 8.88. The quantitative estimate of drug-likeness (QED) is 0.690. The van der Waals surface area contributed by atoms with Crippen LogP contribution in [0.25, 0.3) is 0 Å². The molecule has 0 bridgehead atoms. The van der Waals surface area contributed by atoms with E-state index in [2.05, 4.69) is 0 Å². The minimum Gasteiger partial charge on any atom is -0.466 e. The molecule has 18 heavy (non-hydrogen) atoms. The van der Waals surface area contributed by atoms with Crippen molar-refractivity contribution in [2.45, 2.75) is 19.8 Å². The molecule has 0 aromatic carbocycles.